The Morgan fingerprint density at radius 3 is 2.34 bits per heavy atom. The largest absolute Gasteiger partial charge is 0.462 e. The van der Waals surface area contributed by atoms with Gasteiger partial charge in [-0.2, -0.15) is 0 Å². The number of carbonyl (C=O) groups is 3. The molecule has 0 saturated heterocycles. The van der Waals surface area contributed by atoms with Crippen molar-refractivity contribution in [3.05, 3.63) is 75.9 Å². The van der Waals surface area contributed by atoms with Gasteiger partial charge >= 0.3 is 12.0 Å². The van der Waals surface area contributed by atoms with Crippen LogP contribution < -0.4 is 11.1 Å². The number of ether oxygens (including phenoxy) is 1. The van der Waals surface area contributed by atoms with Crippen LogP contribution in [0.3, 0.4) is 0 Å². The van der Waals surface area contributed by atoms with Crippen LogP contribution in [-0.4, -0.2) is 34.5 Å². The Morgan fingerprint density at radius 1 is 1.17 bits per heavy atom. The fourth-order valence-electron chi connectivity index (χ4n) is 3.10. The molecule has 0 aromatic heterocycles. The third-order valence-corrected chi connectivity index (χ3v) is 4.86. The summed E-state index contributed by atoms with van der Waals surface area (Å²) in [6.07, 6.45) is 0. The average molecular weight is 460 g/mol. The predicted molar refractivity (Wildman–Crippen MR) is 108 cm³/mol. The molecule has 1 aliphatic heterocycles. The highest BCUT2D eigenvalue weighted by Gasteiger charge is 2.57. The van der Waals surface area contributed by atoms with E-state index in [9.17, 15) is 19.5 Å². The number of esters is 1. The molecular formula is C20H18BrN3O5. The molecule has 2 aromatic carbocycles. The lowest BCUT2D eigenvalue weighted by molar-refractivity contribution is -0.146. The summed E-state index contributed by atoms with van der Waals surface area (Å²) in [4.78, 5) is 38.4. The van der Waals surface area contributed by atoms with E-state index in [1.54, 1.807) is 49.4 Å². The van der Waals surface area contributed by atoms with Crippen molar-refractivity contribution in [2.24, 2.45) is 5.73 Å². The van der Waals surface area contributed by atoms with E-state index in [4.69, 9.17) is 10.5 Å². The van der Waals surface area contributed by atoms with Gasteiger partial charge in [0.15, 0.2) is 0 Å². The van der Waals surface area contributed by atoms with E-state index in [1.807, 2.05) is 0 Å². The molecule has 9 heteroatoms. The van der Waals surface area contributed by atoms with Gasteiger partial charge in [0, 0.05) is 15.7 Å². The molecule has 1 aliphatic rings. The quantitative estimate of drug-likeness (QED) is 0.590. The molecule has 0 saturated carbocycles. The standard InChI is InChI=1S/C20H18BrN3O5/c1-2-29-18(26)15-16(23-14-10-8-13(21)9-11-14)17(25)24(19(22)27)20(15,28)12-6-4-3-5-7-12/h3-11,23,28H,2H2,1H3,(H2,22,27). The molecular weight excluding hydrogens is 442 g/mol. The van der Waals surface area contributed by atoms with Crippen molar-refractivity contribution < 1.29 is 24.2 Å². The predicted octanol–water partition coefficient (Wildman–Crippen LogP) is 2.44. The second kappa shape index (κ2) is 8.06. The number of amides is 3. The lowest BCUT2D eigenvalue weighted by atomic mass is 9.94. The van der Waals surface area contributed by atoms with Gasteiger partial charge in [0.25, 0.3) is 5.91 Å². The Morgan fingerprint density at radius 2 is 1.79 bits per heavy atom. The van der Waals surface area contributed by atoms with Crippen molar-refractivity contribution in [1.29, 1.82) is 0 Å². The lowest BCUT2D eigenvalue weighted by Crippen LogP contribution is -2.52. The second-order valence-electron chi connectivity index (χ2n) is 6.12. The zero-order chi connectivity index (χ0) is 21.2. The fraction of sp³-hybridized carbons (Fsp3) is 0.150. The minimum absolute atomic E-state index is 0.00350. The third-order valence-electron chi connectivity index (χ3n) is 4.33. The van der Waals surface area contributed by atoms with E-state index < -0.39 is 29.2 Å². The Hall–Kier alpha value is -3.17. The Bertz CT molecular complexity index is 991. The SMILES string of the molecule is CCOC(=O)C1=C(Nc2ccc(Br)cc2)C(=O)N(C(N)=O)C1(O)c1ccccc1. The highest BCUT2D eigenvalue weighted by molar-refractivity contribution is 9.10. The molecule has 1 heterocycles. The summed E-state index contributed by atoms with van der Waals surface area (Å²) < 4.78 is 5.88. The number of imide groups is 1. The lowest BCUT2D eigenvalue weighted by Gasteiger charge is -2.32. The minimum Gasteiger partial charge on any atom is -0.462 e. The summed E-state index contributed by atoms with van der Waals surface area (Å²) in [5.74, 6) is -1.90. The van der Waals surface area contributed by atoms with Crippen molar-refractivity contribution >= 4 is 39.5 Å². The summed E-state index contributed by atoms with van der Waals surface area (Å²) in [5.41, 5.74) is 2.84. The third kappa shape index (κ3) is 3.62. The molecule has 0 aliphatic carbocycles. The van der Waals surface area contributed by atoms with Crippen LogP contribution in [0.25, 0.3) is 0 Å². The topological polar surface area (TPSA) is 122 Å². The van der Waals surface area contributed by atoms with Gasteiger partial charge < -0.3 is 20.9 Å². The molecule has 150 valence electrons. The minimum atomic E-state index is -2.42. The van der Waals surface area contributed by atoms with Gasteiger partial charge in [-0.1, -0.05) is 46.3 Å². The molecule has 0 spiro atoms. The van der Waals surface area contributed by atoms with Crippen LogP contribution >= 0.6 is 15.9 Å². The molecule has 1 unspecified atom stereocenters. The molecule has 4 N–H and O–H groups in total. The number of hydrogen-bond acceptors (Lipinski definition) is 6. The van der Waals surface area contributed by atoms with Crippen LogP contribution in [0, 0.1) is 0 Å². The molecule has 1 atom stereocenters. The van der Waals surface area contributed by atoms with Crippen LogP contribution in [0.4, 0.5) is 10.5 Å². The number of benzene rings is 2. The van der Waals surface area contributed by atoms with Crippen LogP contribution in [0.5, 0.6) is 0 Å². The highest BCUT2D eigenvalue weighted by Crippen LogP contribution is 2.42. The molecule has 0 radical (unpaired) electrons. The van der Waals surface area contributed by atoms with E-state index in [2.05, 4.69) is 21.2 Å². The normalized spacial score (nSPS) is 18.7. The molecule has 8 nitrogen and oxygen atoms in total. The average Bonchev–Trinajstić information content (AvgIpc) is 2.92. The van der Waals surface area contributed by atoms with Crippen molar-refractivity contribution in [3.8, 4) is 0 Å². The smallest absolute Gasteiger partial charge is 0.341 e. The number of urea groups is 1. The van der Waals surface area contributed by atoms with E-state index in [0.29, 0.717) is 10.6 Å². The van der Waals surface area contributed by atoms with Gasteiger partial charge in [-0.3, -0.25) is 4.79 Å². The van der Waals surface area contributed by atoms with Crippen LogP contribution in [-0.2, 0) is 20.1 Å². The number of carbonyl (C=O) groups excluding carboxylic acids is 3. The molecule has 3 amide bonds. The Balaban J connectivity index is 2.23. The maximum atomic E-state index is 13.1. The molecule has 29 heavy (non-hydrogen) atoms. The zero-order valence-electron chi connectivity index (χ0n) is 15.4. The molecule has 2 aromatic rings. The maximum absolute atomic E-state index is 13.1. The molecule has 3 rings (SSSR count). The monoisotopic (exact) mass is 459 g/mol. The summed E-state index contributed by atoms with van der Waals surface area (Å²) in [5, 5.41) is 14.3. The van der Waals surface area contributed by atoms with Crippen molar-refractivity contribution in [3.63, 3.8) is 0 Å². The molecule has 0 fully saturated rings. The summed E-state index contributed by atoms with van der Waals surface area (Å²) in [6, 6.07) is 13.4. The van der Waals surface area contributed by atoms with E-state index in [-0.39, 0.29) is 17.9 Å². The zero-order valence-corrected chi connectivity index (χ0v) is 17.0. The number of primary amides is 1. The Kier molecular flexibility index (Phi) is 5.71. The van der Waals surface area contributed by atoms with Gasteiger partial charge in [-0.05, 0) is 31.2 Å². The molecule has 0 bridgehead atoms. The van der Waals surface area contributed by atoms with Gasteiger partial charge in [0.1, 0.15) is 11.3 Å². The Labute approximate surface area is 175 Å². The number of nitrogens with zero attached hydrogens (tertiary/aromatic N) is 1. The van der Waals surface area contributed by atoms with Crippen LogP contribution in [0.15, 0.2) is 70.3 Å². The van der Waals surface area contributed by atoms with Gasteiger partial charge in [-0.15, -0.1) is 0 Å². The first-order valence-corrected chi connectivity index (χ1v) is 9.46. The van der Waals surface area contributed by atoms with Gasteiger partial charge in [0.05, 0.1) is 6.61 Å². The number of rotatable bonds is 5. The first-order valence-electron chi connectivity index (χ1n) is 8.67. The van der Waals surface area contributed by atoms with Crippen LogP contribution in [0.2, 0.25) is 0 Å². The fourth-order valence-corrected chi connectivity index (χ4v) is 3.36. The first-order chi connectivity index (χ1) is 13.8. The van der Waals surface area contributed by atoms with Crippen molar-refractivity contribution in [2.45, 2.75) is 12.6 Å². The van der Waals surface area contributed by atoms with E-state index in [1.165, 1.54) is 12.1 Å². The summed E-state index contributed by atoms with van der Waals surface area (Å²) >= 11 is 3.31. The number of nitrogens with one attached hydrogen (secondary N) is 1. The second-order valence-corrected chi connectivity index (χ2v) is 7.04. The highest BCUT2D eigenvalue weighted by atomic mass is 79.9. The number of halogens is 1. The van der Waals surface area contributed by atoms with Crippen LogP contribution in [0.1, 0.15) is 12.5 Å². The number of anilines is 1. The van der Waals surface area contributed by atoms with E-state index >= 15 is 0 Å². The van der Waals surface area contributed by atoms with Gasteiger partial charge in [0.2, 0.25) is 5.72 Å². The number of aliphatic hydroxyl groups is 1. The van der Waals surface area contributed by atoms with E-state index in [0.717, 1.165) is 4.47 Å². The summed E-state index contributed by atoms with van der Waals surface area (Å²) in [7, 11) is 0. The van der Waals surface area contributed by atoms with Gasteiger partial charge in [-0.25, -0.2) is 14.5 Å². The van der Waals surface area contributed by atoms with Crippen molar-refractivity contribution in [2.75, 3.05) is 11.9 Å². The maximum Gasteiger partial charge on any atom is 0.341 e. The van der Waals surface area contributed by atoms with Crippen molar-refractivity contribution in [1.82, 2.24) is 4.90 Å². The number of hydrogen-bond donors (Lipinski definition) is 3. The summed E-state index contributed by atoms with van der Waals surface area (Å²) in [6.45, 7) is 1.59. The number of nitrogens with two attached hydrogens (primary N) is 1. The first kappa shape index (κ1) is 20.6.